The van der Waals surface area contributed by atoms with Gasteiger partial charge in [-0.05, 0) is 45.1 Å². The number of thioether (sulfide) groups is 1. The molecule has 0 radical (unpaired) electrons. The Bertz CT molecular complexity index is 207. The molecule has 1 aliphatic heterocycles. The van der Waals surface area contributed by atoms with Crippen LogP contribution < -0.4 is 0 Å². The lowest BCUT2D eigenvalue weighted by atomic mass is 10.0. The lowest BCUT2D eigenvalue weighted by Gasteiger charge is -2.41. The average Bonchev–Trinajstić information content (AvgIpc) is 2.02. The van der Waals surface area contributed by atoms with E-state index in [2.05, 4.69) is 0 Å². The molecule has 0 aromatic heterocycles. The molecule has 1 heterocycles. The van der Waals surface area contributed by atoms with Crippen LogP contribution in [0, 0.1) is 0 Å². The molecule has 4 heteroatoms. The fourth-order valence-corrected chi connectivity index (χ4v) is 3.02. The fourth-order valence-electron chi connectivity index (χ4n) is 1.93. The highest BCUT2D eigenvalue weighted by Crippen LogP contribution is 2.27. The Morgan fingerprint density at radius 1 is 1.36 bits per heavy atom. The summed E-state index contributed by atoms with van der Waals surface area (Å²) >= 11 is 1.92. The molecule has 0 unspecified atom stereocenters. The molecule has 1 fully saturated rings. The molecular weight excluding hydrogens is 198 g/mol. The molecule has 0 spiro atoms. The number of amides is 1. The highest BCUT2D eigenvalue weighted by Gasteiger charge is 2.33. The van der Waals surface area contributed by atoms with E-state index < -0.39 is 6.09 Å². The van der Waals surface area contributed by atoms with Crippen molar-refractivity contribution >= 4 is 17.9 Å². The number of hydrogen-bond acceptors (Lipinski definition) is 2. The minimum Gasteiger partial charge on any atom is -0.465 e. The van der Waals surface area contributed by atoms with Gasteiger partial charge in [-0.15, -0.1) is 0 Å². The van der Waals surface area contributed by atoms with Crippen molar-refractivity contribution < 1.29 is 9.90 Å². The summed E-state index contributed by atoms with van der Waals surface area (Å²) < 4.78 is 0. The van der Waals surface area contributed by atoms with Gasteiger partial charge in [0.25, 0.3) is 0 Å². The summed E-state index contributed by atoms with van der Waals surface area (Å²) in [5.74, 6) is 2.18. The number of carboxylic acid groups (broad SMARTS) is 1. The molecule has 0 saturated carbocycles. The van der Waals surface area contributed by atoms with Crippen LogP contribution in [-0.2, 0) is 0 Å². The van der Waals surface area contributed by atoms with Gasteiger partial charge in [-0.1, -0.05) is 0 Å². The van der Waals surface area contributed by atoms with E-state index in [0.717, 1.165) is 24.3 Å². The molecule has 1 rings (SSSR count). The van der Waals surface area contributed by atoms with Crippen LogP contribution in [0.5, 0.6) is 0 Å². The van der Waals surface area contributed by atoms with Crippen molar-refractivity contribution in [1.29, 1.82) is 0 Å². The molecule has 0 aromatic rings. The Kier molecular flexibility index (Phi) is 3.70. The molecule has 1 saturated heterocycles. The normalized spacial score (nSPS) is 19.4. The summed E-state index contributed by atoms with van der Waals surface area (Å²) in [6.45, 7) is 5.88. The molecule has 0 atom stereocenters. The summed E-state index contributed by atoms with van der Waals surface area (Å²) in [6.07, 6.45) is 1.21. The Morgan fingerprint density at radius 2 is 1.86 bits per heavy atom. The Hall–Kier alpha value is -0.380. The standard InChI is InChI=1S/C10H19NO2S/c1-10(2,3)11(9(12)13)8-4-6-14-7-5-8/h8H,4-7H2,1-3H3,(H,12,13). The van der Waals surface area contributed by atoms with E-state index in [-0.39, 0.29) is 11.6 Å². The molecule has 0 bridgehead atoms. The molecule has 82 valence electrons. The van der Waals surface area contributed by atoms with Crippen molar-refractivity contribution in [2.75, 3.05) is 11.5 Å². The first-order valence-electron chi connectivity index (χ1n) is 5.03. The molecule has 1 aliphatic rings. The molecule has 0 aliphatic carbocycles. The molecule has 1 N–H and O–H groups in total. The van der Waals surface area contributed by atoms with Gasteiger partial charge in [0.2, 0.25) is 0 Å². The summed E-state index contributed by atoms with van der Waals surface area (Å²) in [6, 6.07) is 0.216. The van der Waals surface area contributed by atoms with Gasteiger partial charge in [0.15, 0.2) is 0 Å². The van der Waals surface area contributed by atoms with Gasteiger partial charge in [-0.25, -0.2) is 4.79 Å². The molecular formula is C10H19NO2S. The van der Waals surface area contributed by atoms with Gasteiger partial charge in [0, 0.05) is 11.6 Å². The van der Waals surface area contributed by atoms with Crippen LogP contribution in [-0.4, -0.2) is 39.2 Å². The van der Waals surface area contributed by atoms with Crippen LogP contribution in [0.3, 0.4) is 0 Å². The second kappa shape index (κ2) is 4.43. The van der Waals surface area contributed by atoms with Crippen LogP contribution >= 0.6 is 11.8 Å². The zero-order valence-electron chi connectivity index (χ0n) is 9.12. The smallest absolute Gasteiger partial charge is 0.407 e. The van der Waals surface area contributed by atoms with E-state index in [1.807, 2.05) is 32.5 Å². The second-order valence-corrected chi connectivity index (χ2v) is 5.89. The van der Waals surface area contributed by atoms with Crippen molar-refractivity contribution in [3.63, 3.8) is 0 Å². The van der Waals surface area contributed by atoms with Gasteiger partial charge in [-0.2, -0.15) is 11.8 Å². The predicted octanol–water partition coefficient (Wildman–Crippen LogP) is 2.66. The lowest BCUT2D eigenvalue weighted by Crippen LogP contribution is -2.52. The van der Waals surface area contributed by atoms with Gasteiger partial charge in [-0.3, -0.25) is 0 Å². The van der Waals surface area contributed by atoms with Crippen molar-refractivity contribution in [3.05, 3.63) is 0 Å². The van der Waals surface area contributed by atoms with E-state index >= 15 is 0 Å². The fraction of sp³-hybridized carbons (Fsp3) is 0.900. The maximum Gasteiger partial charge on any atom is 0.407 e. The topological polar surface area (TPSA) is 40.5 Å². The predicted molar refractivity (Wildman–Crippen MR) is 60.0 cm³/mol. The van der Waals surface area contributed by atoms with E-state index in [0.29, 0.717) is 0 Å². The van der Waals surface area contributed by atoms with Crippen LogP contribution in [0.4, 0.5) is 4.79 Å². The largest absolute Gasteiger partial charge is 0.465 e. The quantitative estimate of drug-likeness (QED) is 0.734. The Morgan fingerprint density at radius 3 is 2.21 bits per heavy atom. The monoisotopic (exact) mass is 217 g/mol. The Labute approximate surface area is 89.9 Å². The maximum absolute atomic E-state index is 11.2. The first-order chi connectivity index (χ1) is 6.43. The highest BCUT2D eigenvalue weighted by molar-refractivity contribution is 7.99. The Balaban J connectivity index is 2.71. The van der Waals surface area contributed by atoms with E-state index in [1.54, 1.807) is 4.90 Å². The first kappa shape index (κ1) is 11.7. The third kappa shape index (κ3) is 2.80. The number of nitrogens with zero attached hydrogens (tertiary/aromatic N) is 1. The number of carbonyl (C=O) groups is 1. The minimum absolute atomic E-state index is 0.216. The van der Waals surface area contributed by atoms with Gasteiger partial charge in [0.05, 0.1) is 0 Å². The summed E-state index contributed by atoms with van der Waals surface area (Å²) in [4.78, 5) is 12.8. The summed E-state index contributed by atoms with van der Waals surface area (Å²) in [5, 5.41) is 9.18. The second-order valence-electron chi connectivity index (χ2n) is 4.67. The SMILES string of the molecule is CC(C)(C)N(C(=O)O)C1CCSCC1. The van der Waals surface area contributed by atoms with Crippen molar-refractivity contribution in [1.82, 2.24) is 4.90 Å². The van der Waals surface area contributed by atoms with Crippen molar-refractivity contribution in [3.8, 4) is 0 Å². The lowest BCUT2D eigenvalue weighted by molar-refractivity contribution is 0.0672. The van der Waals surface area contributed by atoms with E-state index in [1.165, 1.54) is 0 Å². The van der Waals surface area contributed by atoms with Crippen LogP contribution in [0.2, 0.25) is 0 Å². The minimum atomic E-state index is -0.783. The van der Waals surface area contributed by atoms with Crippen LogP contribution in [0.1, 0.15) is 33.6 Å². The van der Waals surface area contributed by atoms with Crippen molar-refractivity contribution in [2.45, 2.75) is 45.2 Å². The van der Waals surface area contributed by atoms with Crippen LogP contribution in [0.15, 0.2) is 0 Å². The number of hydrogen-bond donors (Lipinski definition) is 1. The van der Waals surface area contributed by atoms with Gasteiger partial charge >= 0.3 is 6.09 Å². The van der Waals surface area contributed by atoms with Gasteiger partial charge in [0.1, 0.15) is 0 Å². The highest BCUT2D eigenvalue weighted by atomic mass is 32.2. The first-order valence-corrected chi connectivity index (χ1v) is 6.18. The van der Waals surface area contributed by atoms with Crippen LogP contribution in [0.25, 0.3) is 0 Å². The number of rotatable bonds is 1. The summed E-state index contributed by atoms with van der Waals surface area (Å²) in [7, 11) is 0. The zero-order chi connectivity index (χ0) is 10.8. The van der Waals surface area contributed by atoms with Gasteiger partial charge < -0.3 is 10.0 Å². The zero-order valence-corrected chi connectivity index (χ0v) is 9.93. The van der Waals surface area contributed by atoms with E-state index in [4.69, 9.17) is 0 Å². The molecule has 1 amide bonds. The van der Waals surface area contributed by atoms with Crippen molar-refractivity contribution in [2.24, 2.45) is 0 Å². The molecule has 3 nitrogen and oxygen atoms in total. The molecule has 14 heavy (non-hydrogen) atoms. The third-order valence-electron chi connectivity index (χ3n) is 2.48. The summed E-state index contributed by atoms with van der Waals surface area (Å²) in [5.41, 5.74) is -0.279. The average molecular weight is 217 g/mol. The third-order valence-corrected chi connectivity index (χ3v) is 3.53. The maximum atomic E-state index is 11.2. The van der Waals surface area contributed by atoms with E-state index in [9.17, 15) is 9.90 Å². The molecule has 0 aromatic carbocycles.